The van der Waals surface area contributed by atoms with Crippen LogP contribution in [0, 0.1) is 36.2 Å². The lowest BCUT2D eigenvalue weighted by Crippen LogP contribution is -2.48. The first-order valence-corrected chi connectivity index (χ1v) is 16.6. The first kappa shape index (κ1) is 29.5. The third-order valence-corrected chi connectivity index (χ3v) is 11.5. The van der Waals surface area contributed by atoms with E-state index in [1.54, 1.807) is 42.5 Å². The number of methoxy groups -OCH3 is 1. The van der Waals surface area contributed by atoms with E-state index in [0.717, 1.165) is 9.14 Å². The van der Waals surface area contributed by atoms with E-state index in [2.05, 4.69) is 22.6 Å². The highest BCUT2D eigenvalue weighted by Gasteiger charge is 2.67. The van der Waals surface area contributed by atoms with Crippen LogP contribution in [0.25, 0.3) is 0 Å². The average molecular weight is 814 g/mol. The molecule has 0 unspecified atom stereocenters. The van der Waals surface area contributed by atoms with E-state index in [-0.39, 0.29) is 41.5 Å². The number of phenols is 1. The fraction of sp³-hybridized carbons (Fsp3) is 0.294. The molecule has 3 aromatic carbocycles. The molecule has 2 saturated heterocycles. The number of para-hydroxylation sites is 1. The van der Waals surface area contributed by atoms with Crippen LogP contribution in [0.5, 0.6) is 11.5 Å². The molecule has 4 amide bonds. The first-order chi connectivity index (χ1) is 21.1. The van der Waals surface area contributed by atoms with Crippen LogP contribution >= 0.6 is 45.2 Å². The number of phenolic OH excluding ortho intramolecular Hbond substituents is 1. The molecule has 0 radical (unpaired) electrons. The standard InChI is InChI=1S/C34H28I2N2O6/c1-34-24(31(41)38(33(34)43)19-6-4-3-5-7-19)16-23-21(28(34)17-14-25(36)29(39)26(15-17)44-2)12-13-22-27(23)32(42)37(30(22)40)20-10-8-18(35)9-11-20/h3-12,14-15,22-24,27-28,39H,13,16H2,1-2H3/t22-,23+,24-,27-,28-,34+/m0/s1. The number of rotatable bonds is 4. The Hall–Kier alpha value is -3.26. The second kappa shape index (κ2) is 10.7. The van der Waals surface area contributed by atoms with E-state index < -0.39 is 35.0 Å². The van der Waals surface area contributed by atoms with Gasteiger partial charge >= 0.3 is 0 Å². The lowest BCUT2D eigenvalue weighted by molar-refractivity contribution is -0.131. The number of nitrogens with zero attached hydrogens (tertiary/aromatic N) is 2. The monoisotopic (exact) mass is 814 g/mol. The Kier molecular flexibility index (Phi) is 7.15. The molecule has 1 saturated carbocycles. The molecule has 2 aliphatic carbocycles. The molecule has 1 N–H and O–H groups in total. The van der Waals surface area contributed by atoms with Gasteiger partial charge in [0, 0.05) is 9.49 Å². The van der Waals surface area contributed by atoms with Crippen molar-refractivity contribution in [3.63, 3.8) is 0 Å². The van der Waals surface area contributed by atoms with Crippen LogP contribution in [0.2, 0.25) is 0 Å². The molecule has 0 spiro atoms. The van der Waals surface area contributed by atoms with E-state index in [9.17, 15) is 24.3 Å². The number of hydrogen-bond donors (Lipinski definition) is 1. The van der Waals surface area contributed by atoms with Crippen LogP contribution in [0.3, 0.4) is 0 Å². The molecule has 3 aromatic rings. The fourth-order valence-corrected chi connectivity index (χ4v) is 8.96. The second-order valence-corrected chi connectivity index (χ2v) is 14.4. The largest absolute Gasteiger partial charge is 0.504 e. The van der Waals surface area contributed by atoms with Gasteiger partial charge in [0.25, 0.3) is 0 Å². The van der Waals surface area contributed by atoms with Gasteiger partial charge in [0.2, 0.25) is 23.6 Å². The summed E-state index contributed by atoms with van der Waals surface area (Å²) in [5, 5.41) is 10.7. The summed E-state index contributed by atoms with van der Waals surface area (Å²) < 4.78 is 7.04. The summed E-state index contributed by atoms with van der Waals surface area (Å²) in [5.74, 6) is -3.80. The van der Waals surface area contributed by atoms with Crippen molar-refractivity contribution in [1.82, 2.24) is 0 Å². The molecular weight excluding hydrogens is 786 g/mol. The highest BCUT2D eigenvalue weighted by molar-refractivity contribution is 14.1. The molecule has 10 heteroatoms. The maximum absolute atomic E-state index is 14.5. The minimum absolute atomic E-state index is 0.00642. The quantitative estimate of drug-likeness (QED) is 0.196. The minimum atomic E-state index is -1.17. The lowest BCUT2D eigenvalue weighted by Gasteiger charge is -2.49. The number of halogens is 2. The molecule has 8 nitrogen and oxygen atoms in total. The van der Waals surface area contributed by atoms with Crippen molar-refractivity contribution in [2.45, 2.75) is 25.7 Å². The summed E-state index contributed by atoms with van der Waals surface area (Å²) >= 11 is 4.22. The highest BCUT2D eigenvalue weighted by atomic mass is 127. The maximum Gasteiger partial charge on any atom is 0.241 e. The van der Waals surface area contributed by atoms with Crippen molar-refractivity contribution < 1.29 is 29.0 Å². The maximum atomic E-state index is 14.5. The Balaban J connectivity index is 1.39. The smallest absolute Gasteiger partial charge is 0.241 e. The average Bonchev–Trinajstić information content (AvgIpc) is 3.39. The molecule has 0 aromatic heterocycles. The number of imide groups is 2. The van der Waals surface area contributed by atoms with Gasteiger partial charge in [-0.15, -0.1) is 0 Å². The molecule has 4 aliphatic rings. The third-order valence-electron chi connectivity index (χ3n) is 9.98. The Morgan fingerprint density at radius 2 is 1.55 bits per heavy atom. The van der Waals surface area contributed by atoms with Crippen molar-refractivity contribution in [3.05, 3.63) is 91.1 Å². The van der Waals surface area contributed by atoms with Crippen molar-refractivity contribution in [3.8, 4) is 11.5 Å². The summed E-state index contributed by atoms with van der Waals surface area (Å²) in [7, 11) is 1.47. The predicted molar refractivity (Wildman–Crippen MR) is 180 cm³/mol. The molecular formula is C34H28I2N2O6. The van der Waals surface area contributed by atoms with Gasteiger partial charge in [-0.1, -0.05) is 29.8 Å². The molecule has 224 valence electrons. The summed E-state index contributed by atoms with van der Waals surface area (Å²) in [6.45, 7) is 1.85. The Bertz CT molecular complexity index is 1770. The third kappa shape index (κ3) is 4.12. The summed E-state index contributed by atoms with van der Waals surface area (Å²) in [6.07, 6.45) is 2.66. The van der Waals surface area contributed by atoms with Crippen LogP contribution in [0.15, 0.2) is 78.4 Å². The number of amides is 4. The Labute approximate surface area is 281 Å². The molecule has 6 atom stereocenters. The number of carbonyl (C=O) groups excluding carboxylic acids is 4. The van der Waals surface area contributed by atoms with Crippen LogP contribution in [0.1, 0.15) is 31.2 Å². The number of carbonyl (C=O) groups is 4. The van der Waals surface area contributed by atoms with Crippen molar-refractivity contribution in [2.24, 2.45) is 29.1 Å². The zero-order valence-electron chi connectivity index (χ0n) is 23.9. The Morgan fingerprint density at radius 3 is 2.23 bits per heavy atom. The number of allylic oxidation sites excluding steroid dienone is 2. The van der Waals surface area contributed by atoms with Gasteiger partial charge in [-0.25, -0.2) is 4.90 Å². The van der Waals surface area contributed by atoms with Crippen LogP contribution in [-0.2, 0) is 19.2 Å². The number of aromatic hydroxyl groups is 1. The number of benzene rings is 3. The number of ether oxygens (including phenoxy) is 1. The van der Waals surface area contributed by atoms with E-state index in [1.807, 2.05) is 59.9 Å². The normalized spacial score (nSPS) is 29.4. The summed E-state index contributed by atoms with van der Waals surface area (Å²) in [5.41, 5.74) is 1.47. The molecule has 7 rings (SSSR count). The fourth-order valence-electron chi connectivity index (χ4n) is 7.98. The van der Waals surface area contributed by atoms with Gasteiger partial charge < -0.3 is 9.84 Å². The van der Waals surface area contributed by atoms with Gasteiger partial charge in [0.15, 0.2) is 11.5 Å². The van der Waals surface area contributed by atoms with Crippen molar-refractivity contribution >= 4 is 80.2 Å². The Morgan fingerprint density at radius 1 is 0.864 bits per heavy atom. The van der Waals surface area contributed by atoms with Crippen molar-refractivity contribution in [2.75, 3.05) is 16.9 Å². The summed E-state index contributed by atoms with van der Waals surface area (Å²) in [6, 6.07) is 19.8. The van der Waals surface area contributed by atoms with Crippen LogP contribution in [0.4, 0.5) is 11.4 Å². The van der Waals surface area contributed by atoms with E-state index in [1.165, 1.54) is 16.9 Å². The van der Waals surface area contributed by atoms with Crippen LogP contribution in [-0.4, -0.2) is 35.8 Å². The zero-order chi connectivity index (χ0) is 31.1. The van der Waals surface area contributed by atoms with Gasteiger partial charge in [-0.05, 0) is 125 Å². The van der Waals surface area contributed by atoms with Gasteiger partial charge in [0.05, 0.1) is 45.2 Å². The number of hydrogen-bond acceptors (Lipinski definition) is 6. The minimum Gasteiger partial charge on any atom is -0.504 e. The van der Waals surface area contributed by atoms with E-state index in [4.69, 9.17) is 4.74 Å². The topological polar surface area (TPSA) is 104 Å². The van der Waals surface area contributed by atoms with E-state index in [0.29, 0.717) is 26.9 Å². The van der Waals surface area contributed by atoms with Gasteiger partial charge in [-0.2, -0.15) is 0 Å². The molecule has 44 heavy (non-hydrogen) atoms. The zero-order valence-corrected chi connectivity index (χ0v) is 28.2. The van der Waals surface area contributed by atoms with Crippen molar-refractivity contribution in [1.29, 1.82) is 0 Å². The van der Waals surface area contributed by atoms with Gasteiger partial charge in [-0.3, -0.25) is 24.1 Å². The van der Waals surface area contributed by atoms with Crippen LogP contribution < -0.4 is 14.5 Å². The highest BCUT2D eigenvalue weighted by Crippen LogP contribution is 2.64. The number of fused-ring (bicyclic) bond motifs is 4. The molecule has 2 heterocycles. The molecule has 2 aliphatic heterocycles. The first-order valence-electron chi connectivity index (χ1n) is 14.4. The SMILES string of the molecule is COc1cc([C@H]2C3=CC[C@@H]4C(=O)N(c5ccc(I)cc5)C(=O)[C@@H]4[C@@H]3C[C@H]3C(=O)N(c4ccccc4)C(=O)[C@@]23C)cc(I)c1O. The van der Waals surface area contributed by atoms with E-state index >= 15 is 0 Å². The van der Waals surface area contributed by atoms with Gasteiger partial charge in [0.1, 0.15) is 0 Å². The number of anilines is 2. The lowest BCUT2D eigenvalue weighted by atomic mass is 9.51. The molecule has 0 bridgehead atoms. The molecule has 3 fully saturated rings. The predicted octanol–water partition coefficient (Wildman–Crippen LogP) is 6.05. The summed E-state index contributed by atoms with van der Waals surface area (Å²) in [4.78, 5) is 59.3. The second-order valence-electron chi connectivity index (χ2n) is 12.0.